The van der Waals surface area contributed by atoms with Gasteiger partial charge in [0.1, 0.15) is 0 Å². The molecular weight excluding hydrogens is 108 g/mol. The van der Waals surface area contributed by atoms with Crippen LogP contribution in [0.1, 0.15) is 32.6 Å². The molecule has 0 amide bonds. The minimum Gasteiger partial charge on any atom is -0.148 e. The van der Waals surface area contributed by atoms with Gasteiger partial charge in [-0.2, -0.15) is 0 Å². The lowest BCUT2D eigenvalue weighted by molar-refractivity contribution is 0.863. The van der Waals surface area contributed by atoms with Crippen molar-refractivity contribution in [1.82, 2.24) is 0 Å². The van der Waals surface area contributed by atoms with E-state index >= 15 is 0 Å². The van der Waals surface area contributed by atoms with Gasteiger partial charge in [0.25, 0.3) is 0 Å². The predicted octanol–water partition coefficient (Wildman–Crippen LogP) is 2.49. The molecule has 8 heavy (non-hydrogen) atoms. The molecule has 0 aromatic rings. The minimum absolute atomic E-state index is 0.398. The molecule has 0 aromatic carbocycles. The molecule has 1 saturated carbocycles. The third-order valence-electron chi connectivity index (χ3n) is 2.17. The summed E-state index contributed by atoms with van der Waals surface area (Å²) in [5.41, 5.74) is 0. The SMILES string of the molecule is C[CH2][Mg][CH]1CCCC1. The van der Waals surface area contributed by atoms with E-state index in [2.05, 4.69) is 6.92 Å². The molecule has 1 aliphatic carbocycles. The molecule has 0 aromatic heterocycles. The van der Waals surface area contributed by atoms with E-state index in [4.69, 9.17) is 0 Å². The molecule has 0 bridgehead atoms. The van der Waals surface area contributed by atoms with Crippen molar-refractivity contribution >= 4 is 20.4 Å². The Morgan fingerprint density at radius 2 is 2.00 bits per heavy atom. The van der Waals surface area contributed by atoms with Gasteiger partial charge in [-0.1, -0.05) is 32.6 Å². The van der Waals surface area contributed by atoms with Crippen LogP contribution in [0.25, 0.3) is 0 Å². The van der Waals surface area contributed by atoms with Crippen LogP contribution in [0.3, 0.4) is 0 Å². The molecule has 0 spiro atoms. The average Bonchev–Trinajstić information content (AvgIpc) is 2.19. The highest BCUT2D eigenvalue weighted by Crippen LogP contribution is 2.29. The molecule has 44 valence electrons. The zero-order valence-corrected chi connectivity index (χ0v) is 7.23. The lowest BCUT2D eigenvalue weighted by Crippen LogP contribution is -1.95. The Morgan fingerprint density at radius 1 is 1.38 bits per heavy atom. The summed E-state index contributed by atoms with van der Waals surface area (Å²) in [5, 5.41) is 0. The van der Waals surface area contributed by atoms with Crippen molar-refractivity contribution < 1.29 is 0 Å². The monoisotopic (exact) mass is 122 g/mol. The van der Waals surface area contributed by atoms with Crippen LogP contribution in [0.15, 0.2) is 0 Å². The molecule has 1 heteroatoms. The second-order valence-electron chi connectivity index (χ2n) is 2.94. The Morgan fingerprint density at radius 3 is 2.50 bits per heavy atom. The van der Waals surface area contributed by atoms with Crippen LogP contribution in [-0.2, 0) is 0 Å². The normalized spacial score (nSPS) is 21.1. The lowest BCUT2D eigenvalue weighted by Gasteiger charge is -2.00. The molecule has 0 aliphatic heterocycles. The first-order valence-electron chi connectivity index (χ1n) is 3.93. The topological polar surface area (TPSA) is 0 Å². The molecule has 0 radical (unpaired) electrons. The highest BCUT2D eigenvalue weighted by molar-refractivity contribution is 6.37. The summed E-state index contributed by atoms with van der Waals surface area (Å²) in [6.07, 6.45) is 6.25. The van der Waals surface area contributed by atoms with Gasteiger partial charge in [0, 0.05) is 0 Å². The van der Waals surface area contributed by atoms with Gasteiger partial charge in [-0.05, 0) is 0 Å². The van der Waals surface area contributed by atoms with Gasteiger partial charge in [-0.3, -0.25) is 0 Å². The Balaban J connectivity index is 2.06. The Hall–Kier alpha value is 0.766. The van der Waals surface area contributed by atoms with Crippen LogP contribution in [0.5, 0.6) is 0 Å². The summed E-state index contributed by atoms with van der Waals surface area (Å²) in [5.74, 6) is 0. The zero-order chi connectivity index (χ0) is 5.82. The molecule has 0 atom stereocenters. The molecule has 0 saturated heterocycles. The maximum atomic E-state index is 2.35. The van der Waals surface area contributed by atoms with Crippen molar-refractivity contribution in [3.63, 3.8) is 0 Å². The zero-order valence-electron chi connectivity index (χ0n) is 5.82. The molecule has 1 rings (SSSR count). The second kappa shape index (κ2) is 3.73. The van der Waals surface area contributed by atoms with E-state index in [9.17, 15) is 0 Å². The van der Waals surface area contributed by atoms with Gasteiger partial charge in [-0.25, -0.2) is 0 Å². The molecule has 1 fully saturated rings. The summed E-state index contributed by atoms with van der Waals surface area (Å²) in [7, 11) is 0. The standard InChI is InChI=1S/C5H9.C2H5.Mg/c1-2-4-5-3-1;1-2;/h1H,2-5H2;1H2,2H3;. The van der Waals surface area contributed by atoms with E-state index in [0.29, 0.717) is 20.4 Å². The van der Waals surface area contributed by atoms with Gasteiger partial charge in [0.05, 0.1) is 0 Å². The summed E-state index contributed by atoms with van der Waals surface area (Å²) < 4.78 is 2.78. The first-order chi connectivity index (χ1) is 3.93. The van der Waals surface area contributed by atoms with Crippen LogP contribution in [0, 0.1) is 0 Å². The second-order valence-corrected chi connectivity index (χ2v) is 5.67. The van der Waals surface area contributed by atoms with E-state index in [1.54, 1.807) is 12.8 Å². The quantitative estimate of drug-likeness (QED) is 0.494. The van der Waals surface area contributed by atoms with E-state index < -0.39 is 0 Å². The van der Waals surface area contributed by atoms with Crippen molar-refractivity contribution in [3.8, 4) is 0 Å². The summed E-state index contributed by atoms with van der Waals surface area (Å²) in [4.78, 5) is 0. The Kier molecular flexibility index (Phi) is 3.21. The van der Waals surface area contributed by atoms with Crippen LogP contribution in [-0.4, -0.2) is 20.4 Å². The fourth-order valence-corrected chi connectivity index (χ4v) is 3.68. The first-order valence-corrected chi connectivity index (χ1v) is 5.75. The van der Waals surface area contributed by atoms with E-state index in [1.165, 1.54) is 21.4 Å². The third kappa shape index (κ3) is 1.94. The van der Waals surface area contributed by atoms with E-state index in [-0.39, 0.29) is 0 Å². The van der Waals surface area contributed by atoms with Crippen LogP contribution >= 0.6 is 0 Å². The van der Waals surface area contributed by atoms with Crippen molar-refractivity contribution in [3.05, 3.63) is 0 Å². The largest absolute Gasteiger partial charge is 0.368 e. The number of hydrogen-bond acceptors (Lipinski definition) is 0. The van der Waals surface area contributed by atoms with Crippen LogP contribution in [0.2, 0.25) is 8.60 Å². The first kappa shape index (κ1) is 6.88. The minimum atomic E-state index is 0.398. The number of hydrogen-bond donors (Lipinski definition) is 0. The lowest BCUT2D eigenvalue weighted by atomic mass is 10.4. The Bertz CT molecular complexity index is 55.4. The van der Waals surface area contributed by atoms with E-state index in [0.717, 1.165) is 0 Å². The van der Waals surface area contributed by atoms with Crippen LogP contribution < -0.4 is 0 Å². The molecular formula is C7H14Mg. The maximum absolute atomic E-state index is 2.35. The molecule has 1 aliphatic rings. The van der Waals surface area contributed by atoms with Gasteiger partial charge >= 0.3 is 20.4 Å². The van der Waals surface area contributed by atoms with Gasteiger partial charge in [0.15, 0.2) is 0 Å². The van der Waals surface area contributed by atoms with Crippen molar-refractivity contribution in [1.29, 1.82) is 0 Å². The third-order valence-corrected chi connectivity index (χ3v) is 4.38. The van der Waals surface area contributed by atoms with Gasteiger partial charge < -0.3 is 0 Å². The van der Waals surface area contributed by atoms with Crippen molar-refractivity contribution in [2.24, 2.45) is 0 Å². The summed E-state index contributed by atoms with van der Waals surface area (Å²) in [6, 6.07) is 0. The fraction of sp³-hybridized carbons (Fsp3) is 1.00. The average molecular weight is 122 g/mol. The predicted molar refractivity (Wildman–Crippen MR) is 38.5 cm³/mol. The molecule has 0 N–H and O–H groups in total. The van der Waals surface area contributed by atoms with Crippen molar-refractivity contribution in [2.45, 2.75) is 41.2 Å². The molecule has 0 heterocycles. The number of rotatable bonds is 2. The van der Waals surface area contributed by atoms with Gasteiger partial charge in [-0.15, -0.1) is 8.60 Å². The van der Waals surface area contributed by atoms with E-state index in [1.807, 2.05) is 0 Å². The molecule has 0 nitrogen and oxygen atoms in total. The molecule has 0 unspecified atom stereocenters. The smallest absolute Gasteiger partial charge is 0.148 e. The maximum Gasteiger partial charge on any atom is 0.368 e. The summed E-state index contributed by atoms with van der Waals surface area (Å²) in [6.45, 7) is 2.35. The Labute approximate surface area is 61.8 Å². The highest BCUT2D eigenvalue weighted by Gasteiger charge is 2.14. The summed E-state index contributed by atoms with van der Waals surface area (Å²) >= 11 is 0.398. The van der Waals surface area contributed by atoms with Crippen molar-refractivity contribution in [2.75, 3.05) is 0 Å². The fourth-order valence-electron chi connectivity index (χ4n) is 1.71. The van der Waals surface area contributed by atoms with Crippen LogP contribution in [0.4, 0.5) is 0 Å². The highest BCUT2D eigenvalue weighted by atomic mass is 24.5. The van der Waals surface area contributed by atoms with Gasteiger partial charge in [0.2, 0.25) is 0 Å².